The highest BCUT2D eigenvalue weighted by atomic mass is 16.5. The summed E-state index contributed by atoms with van der Waals surface area (Å²) in [6.07, 6.45) is 2.62. The fraction of sp³-hybridized carbons (Fsp3) is 0.350. The lowest BCUT2D eigenvalue weighted by Crippen LogP contribution is -2.19. The van der Waals surface area contributed by atoms with Gasteiger partial charge in [-0.15, -0.1) is 0 Å². The van der Waals surface area contributed by atoms with E-state index in [-0.39, 0.29) is 5.41 Å². The largest absolute Gasteiger partial charge is 0.507 e. The van der Waals surface area contributed by atoms with Crippen LogP contribution in [0, 0.1) is 0 Å². The van der Waals surface area contributed by atoms with E-state index in [2.05, 4.69) is 31.0 Å². The van der Waals surface area contributed by atoms with Gasteiger partial charge >= 0.3 is 0 Å². The second-order valence-corrected chi connectivity index (χ2v) is 6.12. The van der Waals surface area contributed by atoms with Gasteiger partial charge in [-0.25, -0.2) is 0 Å². The molecule has 1 N–H and O–H groups in total. The average Bonchev–Trinajstić information content (AvgIpc) is 2.56. The number of aliphatic imine (C=N–C) groups is 1. The van der Waals surface area contributed by atoms with Gasteiger partial charge in [-0.1, -0.05) is 56.3 Å². The van der Waals surface area contributed by atoms with E-state index in [0.29, 0.717) is 18.9 Å². The van der Waals surface area contributed by atoms with Gasteiger partial charge in [0.05, 0.1) is 0 Å². The van der Waals surface area contributed by atoms with Gasteiger partial charge in [0.2, 0.25) is 0 Å². The number of para-hydroxylation sites is 1. The van der Waals surface area contributed by atoms with Gasteiger partial charge in [-0.2, -0.15) is 0 Å². The third kappa shape index (κ3) is 4.20. The molecule has 0 amide bonds. The van der Waals surface area contributed by atoms with Crippen LogP contribution in [0.3, 0.4) is 0 Å². The standard InChI is InChI=1S/C20H25NO2/c1-20(2,17-10-5-4-6-11-17)18-12-7-9-16(19(18)22)15-21-13-8-14-23-3/h4-7,9-12,15,22H,8,13-14H2,1-3H3/b21-15+. The van der Waals surface area contributed by atoms with Crippen molar-refractivity contribution in [2.75, 3.05) is 20.3 Å². The number of benzene rings is 2. The fourth-order valence-electron chi connectivity index (χ4n) is 2.64. The lowest BCUT2D eigenvalue weighted by molar-refractivity contribution is 0.197. The summed E-state index contributed by atoms with van der Waals surface area (Å²) in [6.45, 7) is 5.64. The normalized spacial score (nSPS) is 12.0. The predicted octanol–water partition coefficient (Wildman–Crippen LogP) is 4.17. The minimum Gasteiger partial charge on any atom is -0.507 e. The van der Waals surface area contributed by atoms with Gasteiger partial charge in [-0.05, 0) is 18.1 Å². The summed E-state index contributed by atoms with van der Waals surface area (Å²) in [6, 6.07) is 16.1. The number of rotatable bonds is 7. The van der Waals surface area contributed by atoms with E-state index in [1.807, 2.05) is 36.4 Å². The number of aromatic hydroxyl groups is 1. The zero-order valence-corrected chi connectivity index (χ0v) is 14.1. The van der Waals surface area contributed by atoms with Gasteiger partial charge in [0, 0.05) is 43.0 Å². The molecular weight excluding hydrogens is 286 g/mol. The first-order chi connectivity index (χ1) is 11.1. The zero-order chi connectivity index (χ0) is 16.7. The molecule has 0 aliphatic heterocycles. The molecule has 0 aliphatic carbocycles. The highest BCUT2D eigenvalue weighted by Crippen LogP contribution is 2.37. The molecule has 2 aromatic carbocycles. The summed E-state index contributed by atoms with van der Waals surface area (Å²) < 4.78 is 5.01. The van der Waals surface area contributed by atoms with Crippen LogP contribution in [0.1, 0.15) is 37.0 Å². The molecule has 0 radical (unpaired) electrons. The van der Waals surface area contributed by atoms with Crippen molar-refractivity contribution in [3.05, 3.63) is 65.2 Å². The number of hydrogen-bond acceptors (Lipinski definition) is 3. The number of phenols is 1. The van der Waals surface area contributed by atoms with Crippen molar-refractivity contribution in [3.63, 3.8) is 0 Å². The third-order valence-electron chi connectivity index (χ3n) is 4.10. The van der Waals surface area contributed by atoms with Crippen molar-refractivity contribution in [1.82, 2.24) is 0 Å². The van der Waals surface area contributed by atoms with Gasteiger partial charge in [0.25, 0.3) is 0 Å². The van der Waals surface area contributed by atoms with Crippen LogP contribution in [0.15, 0.2) is 53.5 Å². The Morgan fingerprint density at radius 3 is 2.52 bits per heavy atom. The van der Waals surface area contributed by atoms with Crippen LogP contribution in [-0.2, 0) is 10.2 Å². The zero-order valence-electron chi connectivity index (χ0n) is 14.1. The van der Waals surface area contributed by atoms with E-state index in [1.165, 1.54) is 5.56 Å². The molecule has 2 rings (SSSR count). The molecule has 0 bridgehead atoms. The monoisotopic (exact) mass is 311 g/mol. The topological polar surface area (TPSA) is 41.8 Å². The van der Waals surface area contributed by atoms with Crippen molar-refractivity contribution >= 4 is 6.21 Å². The van der Waals surface area contributed by atoms with E-state index in [9.17, 15) is 5.11 Å². The van der Waals surface area contributed by atoms with Crippen LogP contribution < -0.4 is 0 Å². The quantitative estimate of drug-likeness (QED) is 0.616. The second kappa shape index (κ2) is 7.93. The van der Waals surface area contributed by atoms with Crippen LogP contribution in [-0.4, -0.2) is 31.6 Å². The Bertz CT molecular complexity index is 648. The van der Waals surface area contributed by atoms with E-state index in [1.54, 1.807) is 13.3 Å². The summed E-state index contributed by atoms with van der Waals surface area (Å²) in [5, 5.41) is 10.7. The molecule has 0 heterocycles. The fourth-order valence-corrected chi connectivity index (χ4v) is 2.64. The predicted molar refractivity (Wildman–Crippen MR) is 95.6 cm³/mol. The molecule has 0 fully saturated rings. The first-order valence-electron chi connectivity index (χ1n) is 7.94. The lowest BCUT2D eigenvalue weighted by Gasteiger charge is -2.27. The van der Waals surface area contributed by atoms with Crippen LogP contribution in [0.2, 0.25) is 0 Å². The highest BCUT2D eigenvalue weighted by molar-refractivity contribution is 5.84. The van der Waals surface area contributed by atoms with Crippen molar-refractivity contribution < 1.29 is 9.84 Å². The van der Waals surface area contributed by atoms with E-state index in [0.717, 1.165) is 17.5 Å². The summed E-state index contributed by atoms with van der Waals surface area (Å²) in [5.74, 6) is 0.303. The number of ether oxygens (including phenoxy) is 1. The Morgan fingerprint density at radius 2 is 1.83 bits per heavy atom. The molecular formula is C20H25NO2. The Morgan fingerprint density at radius 1 is 1.09 bits per heavy atom. The van der Waals surface area contributed by atoms with Gasteiger partial charge in [-0.3, -0.25) is 4.99 Å². The number of hydrogen-bond donors (Lipinski definition) is 1. The molecule has 0 aliphatic rings. The number of phenolic OH excluding ortho intramolecular Hbond substituents is 1. The van der Waals surface area contributed by atoms with Crippen molar-refractivity contribution in [2.45, 2.75) is 25.7 Å². The number of nitrogens with zero attached hydrogens (tertiary/aromatic N) is 1. The summed E-state index contributed by atoms with van der Waals surface area (Å²) in [4.78, 5) is 4.37. The molecule has 2 aromatic rings. The van der Waals surface area contributed by atoms with Crippen LogP contribution in [0.25, 0.3) is 0 Å². The van der Waals surface area contributed by atoms with Crippen molar-refractivity contribution in [2.24, 2.45) is 4.99 Å². The summed E-state index contributed by atoms with van der Waals surface area (Å²) in [7, 11) is 1.69. The molecule has 0 saturated carbocycles. The summed E-state index contributed by atoms with van der Waals surface area (Å²) >= 11 is 0. The smallest absolute Gasteiger partial charge is 0.128 e. The Kier molecular flexibility index (Phi) is 5.94. The molecule has 3 heteroatoms. The first-order valence-corrected chi connectivity index (χ1v) is 7.94. The van der Waals surface area contributed by atoms with E-state index >= 15 is 0 Å². The van der Waals surface area contributed by atoms with Gasteiger partial charge in [0.15, 0.2) is 0 Å². The summed E-state index contributed by atoms with van der Waals surface area (Å²) in [5.41, 5.74) is 2.56. The number of methoxy groups -OCH3 is 1. The molecule has 3 nitrogen and oxygen atoms in total. The Balaban J connectivity index is 2.25. The third-order valence-corrected chi connectivity index (χ3v) is 4.10. The van der Waals surface area contributed by atoms with E-state index < -0.39 is 0 Å². The molecule has 0 unspecified atom stereocenters. The minimum absolute atomic E-state index is 0.273. The Hall–Kier alpha value is -2.13. The molecule has 0 atom stereocenters. The van der Waals surface area contributed by atoms with Crippen LogP contribution in [0.4, 0.5) is 0 Å². The molecule has 0 spiro atoms. The lowest BCUT2D eigenvalue weighted by atomic mass is 9.77. The maximum absolute atomic E-state index is 10.7. The Labute approximate surface area is 138 Å². The van der Waals surface area contributed by atoms with Crippen molar-refractivity contribution in [1.29, 1.82) is 0 Å². The maximum atomic E-state index is 10.7. The maximum Gasteiger partial charge on any atom is 0.128 e. The van der Waals surface area contributed by atoms with Crippen LogP contribution >= 0.6 is 0 Å². The van der Waals surface area contributed by atoms with Crippen molar-refractivity contribution in [3.8, 4) is 5.75 Å². The minimum atomic E-state index is -0.273. The molecule has 0 saturated heterocycles. The van der Waals surface area contributed by atoms with Crippen LogP contribution in [0.5, 0.6) is 5.75 Å². The molecule has 122 valence electrons. The van der Waals surface area contributed by atoms with Gasteiger partial charge < -0.3 is 9.84 Å². The molecule has 23 heavy (non-hydrogen) atoms. The average molecular weight is 311 g/mol. The first kappa shape index (κ1) is 17.2. The SMILES string of the molecule is COCCC/N=C/c1cccc(C(C)(C)c2ccccc2)c1O. The molecule has 0 aromatic heterocycles. The highest BCUT2D eigenvalue weighted by Gasteiger charge is 2.26. The second-order valence-electron chi connectivity index (χ2n) is 6.12. The van der Waals surface area contributed by atoms with E-state index in [4.69, 9.17) is 4.74 Å². The van der Waals surface area contributed by atoms with Gasteiger partial charge in [0.1, 0.15) is 5.75 Å².